The molecule has 0 amide bonds. The molecular formula is C7H5F5N6. The smallest absolute Gasteiger partial charge is 0.307 e. The van der Waals surface area contributed by atoms with E-state index in [2.05, 4.69) is 15.3 Å². The first kappa shape index (κ1) is 12.4. The molecule has 6 nitrogen and oxygen atoms in total. The molecule has 18 heavy (non-hydrogen) atoms. The highest BCUT2D eigenvalue weighted by Crippen LogP contribution is 2.42. The lowest BCUT2D eigenvalue weighted by Gasteiger charge is -2.17. The standard InChI is InChI=1S/C7H5F5N6/c8-6(9,7(10,11)12)5-16-15-4-2-1-3(14-13)17-18(4)5/h1-2H,13H2,(H,14,17). The highest BCUT2D eigenvalue weighted by atomic mass is 19.4. The fourth-order valence-corrected chi connectivity index (χ4v) is 1.19. The minimum absolute atomic E-state index is 0.110. The predicted molar refractivity (Wildman–Crippen MR) is 48.5 cm³/mol. The van der Waals surface area contributed by atoms with Crippen molar-refractivity contribution >= 4 is 11.5 Å². The summed E-state index contributed by atoms with van der Waals surface area (Å²) < 4.78 is 63.1. The molecule has 0 aliphatic rings. The van der Waals surface area contributed by atoms with Crippen LogP contribution in [0.1, 0.15) is 5.82 Å². The first-order valence-electron chi connectivity index (χ1n) is 4.41. The number of nitrogen functional groups attached to an aromatic ring is 1. The molecule has 0 fully saturated rings. The predicted octanol–water partition coefficient (Wildman–Crippen LogP) is 1.06. The summed E-state index contributed by atoms with van der Waals surface area (Å²) in [5.74, 6) is -1.91. The van der Waals surface area contributed by atoms with Crippen LogP contribution in [0.25, 0.3) is 5.65 Å². The molecule has 2 heterocycles. The van der Waals surface area contributed by atoms with Crippen LogP contribution in [0.15, 0.2) is 12.1 Å². The van der Waals surface area contributed by atoms with Crippen molar-refractivity contribution in [2.75, 3.05) is 5.43 Å². The Labute approximate surface area is 95.6 Å². The summed E-state index contributed by atoms with van der Waals surface area (Å²) in [5.41, 5.74) is 1.76. The second-order valence-electron chi connectivity index (χ2n) is 3.23. The van der Waals surface area contributed by atoms with Gasteiger partial charge in [-0.25, -0.2) is 5.84 Å². The summed E-state index contributed by atoms with van der Waals surface area (Å²) >= 11 is 0. The Hall–Kier alpha value is -2.04. The van der Waals surface area contributed by atoms with E-state index >= 15 is 0 Å². The summed E-state index contributed by atoms with van der Waals surface area (Å²) in [7, 11) is 0. The Balaban J connectivity index is 2.65. The number of nitrogens with one attached hydrogen (secondary N) is 1. The third-order valence-electron chi connectivity index (χ3n) is 2.05. The van der Waals surface area contributed by atoms with Crippen molar-refractivity contribution in [2.24, 2.45) is 5.84 Å². The van der Waals surface area contributed by atoms with Gasteiger partial charge >= 0.3 is 12.1 Å². The summed E-state index contributed by atoms with van der Waals surface area (Å²) in [4.78, 5) is 0. The SMILES string of the molecule is NNc1ccc2nnc(C(F)(F)C(F)(F)F)n2n1. The Bertz CT molecular complexity index is 575. The molecule has 0 atom stereocenters. The van der Waals surface area contributed by atoms with Crippen LogP contribution < -0.4 is 11.3 Å². The van der Waals surface area contributed by atoms with Crippen LogP contribution in [0.4, 0.5) is 27.8 Å². The summed E-state index contributed by atoms with van der Waals surface area (Å²) in [6.07, 6.45) is -5.79. The lowest BCUT2D eigenvalue weighted by atomic mass is 10.3. The number of aromatic nitrogens is 4. The van der Waals surface area contributed by atoms with Crippen molar-refractivity contribution in [3.8, 4) is 0 Å². The van der Waals surface area contributed by atoms with E-state index in [1.54, 1.807) is 0 Å². The lowest BCUT2D eigenvalue weighted by Crippen LogP contribution is -2.36. The first-order chi connectivity index (χ1) is 8.27. The largest absolute Gasteiger partial charge is 0.461 e. The van der Waals surface area contributed by atoms with Crippen LogP contribution in [-0.2, 0) is 5.92 Å². The molecule has 0 radical (unpaired) electrons. The van der Waals surface area contributed by atoms with E-state index in [1.807, 2.05) is 5.43 Å². The number of fused-ring (bicyclic) bond motifs is 1. The van der Waals surface area contributed by atoms with Crippen molar-refractivity contribution in [2.45, 2.75) is 12.1 Å². The zero-order valence-electron chi connectivity index (χ0n) is 8.41. The average molecular weight is 268 g/mol. The summed E-state index contributed by atoms with van der Waals surface area (Å²) in [6.45, 7) is 0. The van der Waals surface area contributed by atoms with Gasteiger partial charge in [0.25, 0.3) is 0 Å². The minimum Gasteiger partial charge on any atom is -0.307 e. The van der Waals surface area contributed by atoms with E-state index in [4.69, 9.17) is 5.84 Å². The quantitative estimate of drug-likeness (QED) is 0.483. The highest BCUT2D eigenvalue weighted by Gasteiger charge is 2.62. The number of hydrazine groups is 1. The van der Waals surface area contributed by atoms with Crippen LogP contribution in [0.3, 0.4) is 0 Å². The first-order valence-corrected chi connectivity index (χ1v) is 4.41. The maximum absolute atomic E-state index is 13.1. The van der Waals surface area contributed by atoms with Gasteiger partial charge in [-0.15, -0.1) is 15.3 Å². The second-order valence-corrected chi connectivity index (χ2v) is 3.23. The molecule has 98 valence electrons. The van der Waals surface area contributed by atoms with Crippen molar-refractivity contribution < 1.29 is 22.0 Å². The van der Waals surface area contributed by atoms with Crippen molar-refractivity contribution in [1.29, 1.82) is 0 Å². The van der Waals surface area contributed by atoms with Gasteiger partial charge in [0.2, 0.25) is 5.82 Å². The molecule has 0 saturated heterocycles. The number of hydrogen-bond donors (Lipinski definition) is 2. The van der Waals surface area contributed by atoms with Crippen LogP contribution in [0.2, 0.25) is 0 Å². The molecule has 0 bridgehead atoms. The van der Waals surface area contributed by atoms with Gasteiger partial charge in [-0.2, -0.15) is 26.5 Å². The molecule has 0 aliphatic heterocycles. The second kappa shape index (κ2) is 3.73. The van der Waals surface area contributed by atoms with E-state index in [9.17, 15) is 22.0 Å². The molecule has 0 saturated carbocycles. The Morgan fingerprint density at radius 2 is 1.78 bits per heavy atom. The van der Waals surface area contributed by atoms with Gasteiger partial charge in [0.1, 0.15) is 0 Å². The zero-order chi connectivity index (χ0) is 13.6. The topological polar surface area (TPSA) is 81.1 Å². The molecule has 2 aromatic heterocycles. The van der Waals surface area contributed by atoms with E-state index in [1.165, 1.54) is 6.07 Å². The van der Waals surface area contributed by atoms with Crippen LogP contribution >= 0.6 is 0 Å². The monoisotopic (exact) mass is 268 g/mol. The third kappa shape index (κ3) is 1.72. The average Bonchev–Trinajstić information content (AvgIpc) is 2.70. The molecule has 2 rings (SSSR count). The molecule has 3 N–H and O–H groups in total. The van der Waals surface area contributed by atoms with Crippen LogP contribution in [0, 0.1) is 0 Å². The van der Waals surface area contributed by atoms with Gasteiger partial charge < -0.3 is 5.43 Å². The third-order valence-corrected chi connectivity index (χ3v) is 2.05. The Kier molecular flexibility index (Phi) is 2.57. The highest BCUT2D eigenvalue weighted by molar-refractivity contribution is 5.43. The fourth-order valence-electron chi connectivity index (χ4n) is 1.19. The number of hydrogen-bond acceptors (Lipinski definition) is 5. The molecule has 11 heteroatoms. The molecule has 2 aromatic rings. The molecule has 0 spiro atoms. The number of anilines is 1. The van der Waals surface area contributed by atoms with Gasteiger partial charge in [-0.1, -0.05) is 0 Å². The van der Waals surface area contributed by atoms with Gasteiger partial charge in [-0.05, 0) is 12.1 Å². The maximum Gasteiger partial charge on any atom is 0.461 e. The van der Waals surface area contributed by atoms with Crippen LogP contribution in [0.5, 0.6) is 0 Å². The van der Waals surface area contributed by atoms with Gasteiger partial charge in [0.05, 0.1) is 0 Å². The zero-order valence-corrected chi connectivity index (χ0v) is 8.41. The maximum atomic E-state index is 13.1. The summed E-state index contributed by atoms with van der Waals surface area (Å²) in [5, 5.41) is 9.41. The Morgan fingerprint density at radius 1 is 1.11 bits per heavy atom. The molecule has 0 aliphatic carbocycles. The van der Waals surface area contributed by atoms with E-state index in [0.29, 0.717) is 0 Å². The van der Waals surface area contributed by atoms with Crippen LogP contribution in [-0.4, -0.2) is 26.0 Å². The number of halogens is 5. The molecule has 0 aromatic carbocycles. The fraction of sp³-hybridized carbons (Fsp3) is 0.286. The number of rotatable bonds is 2. The van der Waals surface area contributed by atoms with Gasteiger partial charge in [0, 0.05) is 0 Å². The number of nitrogens with two attached hydrogens (primary N) is 1. The molecule has 0 unspecified atom stereocenters. The van der Waals surface area contributed by atoms with Gasteiger partial charge in [-0.3, -0.25) is 0 Å². The van der Waals surface area contributed by atoms with Crippen molar-refractivity contribution in [1.82, 2.24) is 19.8 Å². The van der Waals surface area contributed by atoms with Gasteiger partial charge in [0.15, 0.2) is 11.5 Å². The Morgan fingerprint density at radius 3 is 2.33 bits per heavy atom. The molecular weight excluding hydrogens is 263 g/mol. The van der Waals surface area contributed by atoms with Crippen molar-refractivity contribution in [3.63, 3.8) is 0 Å². The van der Waals surface area contributed by atoms with E-state index in [0.717, 1.165) is 6.07 Å². The number of alkyl halides is 5. The van der Waals surface area contributed by atoms with E-state index < -0.39 is 17.9 Å². The lowest BCUT2D eigenvalue weighted by molar-refractivity contribution is -0.293. The normalized spacial score (nSPS) is 13.0. The number of nitrogens with zero attached hydrogens (tertiary/aromatic N) is 4. The minimum atomic E-state index is -5.79. The van der Waals surface area contributed by atoms with Crippen molar-refractivity contribution in [3.05, 3.63) is 18.0 Å². The van der Waals surface area contributed by atoms with E-state index in [-0.39, 0.29) is 16.0 Å². The summed E-state index contributed by atoms with van der Waals surface area (Å²) in [6, 6.07) is 2.39.